The van der Waals surface area contributed by atoms with Crippen molar-refractivity contribution in [2.24, 2.45) is 0 Å². The van der Waals surface area contributed by atoms with Crippen molar-refractivity contribution in [1.82, 2.24) is 5.32 Å². The lowest BCUT2D eigenvalue weighted by Gasteiger charge is -2.31. The molecule has 0 aromatic heterocycles. The van der Waals surface area contributed by atoms with Gasteiger partial charge in [0.05, 0.1) is 0 Å². The average molecular weight is 305 g/mol. The number of rotatable bonds is 3. The van der Waals surface area contributed by atoms with Gasteiger partial charge < -0.3 is 21.1 Å². The maximum Gasteiger partial charge on any atom is 0.407 e. The summed E-state index contributed by atoms with van der Waals surface area (Å²) in [6.45, 7) is 5.63. The average Bonchev–Trinajstić information content (AvgIpc) is 2.41. The number of nitrogens with one attached hydrogen (secondary N) is 2. The normalized spacial score (nSPS) is 22.0. The Morgan fingerprint density at radius 2 is 1.64 bits per heavy atom. The first-order valence-corrected chi connectivity index (χ1v) is 7.93. The molecular formula is C17H27N3O2. The van der Waals surface area contributed by atoms with E-state index in [1.807, 2.05) is 45.0 Å². The molecule has 1 fully saturated rings. The molecule has 1 aromatic rings. The second-order valence-corrected chi connectivity index (χ2v) is 6.96. The molecule has 5 nitrogen and oxygen atoms in total. The van der Waals surface area contributed by atoms with Crippen LogP contribution < -0.4 is 16.4 Å². The fraction of sp³-hybridized carbons (Fsp3) is 0.588. The van der Waals surface area contributed by atoms with E-state index in [0.717, 1.165) is 37.1 Å². The van der Waals surface area contributed by atoms with Gasteiger partial charge in [0.2, 0.25) is 0 Å². The Labute approximate surface area is 132 Å². The smallest absolute Gasteiger partial charge is 0.407 e. The van der Waals surface area contributed by atoms with E-state index in [2.05, 4.69) is 10.6 Å². The minimum Gasteiger partial charge on any atom is -0.444 e. The Morgan fingerprint density at radius 3 is 2.18 bits per heavy atom. The van der Waals surface area contributed by atoms with Gasteiger partial charge >= 0.3 is 6.09 Å². The molecule has 22 heavy (non-hydrogen) atoms. The third-order valence-electron chi connectivity index (χ3n) is 3.73. The molecule has 0 unspecified atom stereocenters. The van der Waals surface area contributed by atoms with Gasteiger partial charge in [-0.25, -0.2) is 4.79 Å². The molecule has 122 valence electrons. The van der Waals surface area contributed by atoms with E-state index in [9.17, 15) is 4.79 Å². The number of anilines is 2. The number of nitrogen functional groups attached to an aromatic ring is 1. The van der Waals surface area contributed by atoms with Crippen LogP contribution in [0.1, 0.15) is 46.5 Å². The molecule has 0 saturated heterocycles. The molecule has 0 spiro atoms. The zero-order chi connectivity index (χ0) is 16.2. The van der Waals surface area contributed by atoms with Crippen molar-refractivity contribution in [3.8, 4) is 0 Å². The van der Waals surface area contributed by atoms with Crippen LogP contribution in [0, 0.1) is 0 Å². The van der Waals surface area contributed by atoms with Crippen molar-refractivity contribution in [2.75, 3.05) is 11.1 Å². The molecule has 0 heterocycles. The molecule has 1 aliphatic carbocycles. The Morgan fingerprint density at radius 1 is 1.09 bits per heavy atom. The number of alkyl carbamates (subject to hydrolysis) is 1. The Hall–Kier alpha value is -1.91. The lowest BCUT2D eigenvalue weighted by molar-refractivity contribution is 0.0492. The van der Waals surface area contributed by atoms with Crippen LogP contribution in [0.5, 0.6) is 0 Å². The van der Waals surface area contributed by atoms with Crippen molar-refractivity contribution in [2.45, 2.75) is 64.1 Å². The number of nitrogens with two attached hydrogens (primary N) is 1. The summed E-state index contributed by atoms with van der Waals surface area (Å²) < 4.78 is 5.30. The standard InChI is InChI=1S/C17H27N3O2/c1-17(2,3)22-16(21)20-15-10-8-14(9-11-15)19-13-6-4-12(18)5-7-13/h4-7,14-15,19H,8-11,18H2,1-3H3,(H,20,21). The molecule has 0 aliphatic heterocycles. The maximum atomic E-state index is 11.8. The highest BCUT2D eigenvalue weighted by Crippen LogP contribution is 2.23. The highest BCUT2D eigenvalue weighted by molar-refractivity contribution is 5.68. The van der Waals surface area contributed by atoms with E-state index in [-0.39, 0.29) is 12.1 Å². The number of amides is 1. The quantitative estimate of drug-likeness (QED) is 0.747. The summed E-state index contributed by atoms with van der Waals surface area (Å²) >= 11 is 0. The molecule has 1 saturated carbocycles. The molecule has 0 radical (unpaired) electrons. The number of benzene rings is 1. The molecule has 2 rings (SSSR count). The Bertz CT molecular complexity index is 486. The number of carbonyl (C=O) groups is 1. The van der Waals surface area contributed by atoms with Crippen LogP contribution >= 0.6 is 0 Å². The molecule has 1 amide bonds. The summed E-state index contributed by atoms with van der Waals surface area (Å²) in [7, 11) is 0. The Balaban J connectivity index is 1.73. The van der Waals surface area contributed by atoms with Gasteiger partial charge in [0.25, 0.3) is 0 Å². The van der Waals surface area contributed by atoms with E-state index in [4.69, 9.17) is 10.5 Å². The molecule has 5 heteroatoms. The number of ether oxygens (including phenoxy) is 1. The van der Waals surface area contributed by atoms with Gasteiger partial charge in [0.1, 0.15) is 5.60 Å². The number of hydrogen-bond acceptors (Lipinski definition) is 4. The SMILES string of the molecule is CC(C)(C)OC(=O)NC1CCC(Nc2ccc(N)cc2)CC1. The second kappa shape index (κ2) is 6.90. The minimum atomic E-state index is -0.446. The summed E-state index contributed by atoms with van der Waals surface area (Å²) in [5, 5.41) is 6.48. The van der Waals surface area contributed by atoms with Crippen LogP contribution in [0.2, 0.25) is 0 Å². The number of carbonyl (C=O) groups excluding carboxylic acids is 1. The summed E-state index contributed by atoms with van der Waals surface area (Å²) in [6.07, 6.45) is 3.68. The molecule has 0 atom stereocenters. The van der Waals surface area contributed by atoms with Crippen LogP contribution in [0.4, 0.5) is 16.2 Å². The first-order valence-electron chi connectivity index (χ1n) is 7.93. The van der Waals surface area contributed by atoms with Gasteiger partial charge in [-0.1, -0.05) is 0 Å². The minimum absolute atomic E-state index is 0.208. The number of hydrogen-bond donors (Lipinski definition) is 3. The third-order valence-corrected chi connectivity index (χ3v) is 3.73. The van der Waals surface area contributed by atoms with Gasteiger partial charge in [0, 0.05) is 23.5 Å². The van der Waals surface area contributed by atoms with Crippen LogP contribution in [-0.2, 0) is 4.74 Å². The van der Waals surface area contributed by atoms with Crippen LogP contribution in [0.25, 0.3) is 0 Å². The topological polar surface area (TPSA) is 76.4 Å². The van der Waals surface area contributed by atoms with Crippen LogP contribution in [-0.4, -0.2) is 23.8 Å². The lowest BCUT2D eigenvalue weighted by Crippen LogP contribution is -2.42. The first kappa shape index (κ1) is 16.5. The summed E-state index contributed by atoms with van der Waals surface area (Å²) in [6, 6.07) is 8.45. The van der Waals surface area contributed by atoms with E-state index in [0.29, 0.717) is 6.04 Å². The van der Waals surface area contributed by atoms with Gasteiger partial charge in [-0.05, 0) is 70.7 Å². The lowest BCUT2D eigenvalue weighted by atomic mass is 9.91. The molecule has 1 aliphatic rings. The van der Waals surface area contributed by atoms with Crippen molar-refractivity contribution >= 4 is 17.5 Å². The van der Waals surface area contributed by atoms with Crippen molar-refractivity contribution in [1.29, 1.82) is 0 Å². The largest absolute Gasteiger partial charge is 0.444 e. The highest BCUT2D eigenvalue weighted by Gasteiger charge is 2.24. The highest BCUT2D eigenvalue weighted by atomic mass is 16.6. The fourth-order valence-corrected chi connectivity index (χ4v) is 2.67. The monoisotopic (exact) mass is 305 g/mol. The van der Waals surface area contributed by atoms with Crippen LogP contribution in [0.3, 0.4) is 0 Å². The predicted molar refractivity (Wildman–Crippen MR) is 89.9 cm³/mol. The van der Waals surface area contributed by atoms with Gasteiger partial charge in [0.15, 0.2) is 0 Å². The van der Waals surface area contributed by atoms with E-state index < -0.39 is 5.60 Å². The summed E-state index contributed by atoms with van der Waals surface area (Å²) in [5.41, 5.74) is 7.11. The summed E-state index contributed by atoms with van der Waals surface area (Å²) in [5.74, 6) is 0. The van der Waals surface area contributed by atoms with Gasteiger partial charge in [-0.15, -0.1) is 0 Å². The van der Waals surface area contributed by atoms with Gasteiger partial charge in [-0.2, -0.15) is 0 Å². The first-order chi connectivity index (χ1) is 10.3. The van der Waals surface area contributed by atoms with Gasteiger partial charge in [-0.3, -0.25) is 0 Å². The van der Waals surface area contributed by atoms with E-state index in [1.165, 1.54) is 0 Å². The predicted octanol–water partition coefficient (Wildman–Crippen LogP) is 3.52. The van der Waals surface area contributed by atoms with E-state index in [1.54, 1.807) is 0 Å². The zero-order valence-electron chi connectivity index (χ0n) is 13.7. The Kier molecular flexibility index (Phi) is 5.16. The van der Waals surface area contributed by atoms with Crippen molar-refractivity contribution in [3.63, 3.8) is 0 Å². The molecule has 1 aromatic carbocycles. The van der Waals surface area contributed by atoms with E-state index >= 15 is 0 Å². The molecule has 0 bridgehead atoms. The fourth-order valence-electron chi connectivity index (χ4n) is 2.67. The third kappa shape index (κ3) is 5.47. The summed E-state index contributed by atoms with van der Waals surface area (Å²) in [4.78, 5) is 11.8. The zero-order valence-corrected chi connectivity index (χ0v) is 13.7. The molecule has 4 N–H and O–H groups in total. The molecular weight excluding hydrogens is 278 g/mol. The van der Waals surface area contributed by atoms with Crippen molar-refractivity contribution in [3.05, 3.63) is 24.3 Å². The van der Waals surface area contributed by atoms with Crippen LogP contribution in [0.15, 0.2) is 24.3 Å². The maximum absolute atomic E-state index is 11.8. The van der Waals surface area contributed by atoms with Crippen molar-refractivity contribution < 1.29 is 9.53 Å². The second-order valence-electron chi connectivity index (χ2n) is 6.96.